The summed E-state index contributed by atoms with van der Waals surface area (Å²) in [5.74, 6) is 1.31. The van der Waals surface area contributed by atoms with Gasteiger partial charge in [0.05, 0.1) is 11.0 Å². The predicted molar refractivity (Wildman–Crippen MR) is 75.7 cm³/mol. The fraction of sp³-hybridized carbons (Fsp3) is 0.364. The van der Waals surface area contributed by atoms with E-state index >= 15 is 0 Å². The highest BCUT2D eigenvalue weighted by Gasteiger charge is 2.23. The molecule has 6 nitrogen and oxygen atoms in total. The summed E-state index contributed by atoms with van der Waals surface area (Å²) in [5, 5.41) is 16.5. The monoisotopic (exact) mass is 301 g/mol. The molecule has 2 N–H and O–H groups in total. The van der Waals surface area contributed by atoms with Crippen LogP contribution in [0.2, 0.25) is 5.02 Å². The molecule has 0 saturated carbocycles. The van der Waals surface area contributed by atoms with Gasteiger partial charge in [-0.05, 0) is 18.6 Å². The van der Waals surface area contributed by atoms with E-state index in [2.05, 4.69) is 10.6 Å². The Labute approximate surface area is 119 Å². The molecule has 1 aliphatic rings. The molecule has 0 bridgehead atoms. The topological polar surface area (TPSA) is 84.3 Å². The van der Waals surface area contributed by atoms with E-state index in [4.69, 9.17) is 11.6 Å². The Bertz CT molecular complexity index is 532. The maximum absolute atomic E-state index is 11.9. The number of nitro groups is 1. The molecule has 1 aromatic rings. The minimum absolute atomic E-state index is 0.0136. The van der Waals surface area contributed by atoms with Crippen molar-refractivity contribution in [1.82, 2.24) is 5.32 Å². The normalized spacial score (nSPS) is 18.3. The van der Waals surface area contributed by atoms with Crippen molar-refractivity contribution < 1.29 is 9.72 Å². The van der Waals surface area contributed by atoms with Crippen molar-refractivity contribution in [2.45, 2.75) is 13.0 Å². The second-order valence-corrected chi connectivity index (χ2v) is 5.57. The van der Waals surface area contributed by atoms with E-state index in [1.165, 1.54) is 12.1 Å². The summed E-state index contributed by atoms with van der Waals surface area (Å²) < 4.78 is 0. The molecule has 0 radical (unpaired) electrons. The van der Waals surface area contributed by atoms with Gasteiger partial charge < -0.3 is 5.32 Å². The van der Waals surface area contributed by atoms with Crippen LogP contribution in [0.5, 0.6) is 0 Å². The molecule has 1 aliphatic heterocycles. The molecule has 1 saturated heterocycles. The number of hydrogen-bond acceptors (Lipinski definition) is 5. The average molecular weight is 302 g/mol. The predicted octanol–water partition coefficient (Wildman–Crippen LogP) is 2.16. The van der Waals surface area contributed by atoms with E-state index in [1.54, 1.807) is 18.7 Å². The molecule has 0 aliphatic carbocycles. The second kappa shape index (κ2) is 5.77. The summed E-state index contributed by atoms with van der Waals surface area (Å²) in [4.78, 5) is 22.1. The first-order chi connectivity index (χ1) is 8.99. The molecule has 0 aromatic heterocycles. The number of aryl methyl sites for hydroxylation is 1. The van der Waals surface area contributed by atoms with E-state index in [1.807, 2.05) is 0 Å². The first-order valence-corrected chi connectivity index (χ1v) is 7.09. The van der Waals surface area contributed by atoms with E-state index < -0.39 is 4.92 Å². The molecule has 1 heterocycles. The minimum Gasteiger partial charge on any atom is -0.324 e. The van der Waals surface area contributed by atoms with Crippen LogP contribution >= 0.6 is 23.4 Å². The van der Waals surface area contributed by atoms with Crippen molar-refractivity contribution in [2.75, 3.05) is 16.9 Å². The van der Waals surface area contributed by atoms with Gasteiger partial charge >= 0.3 is 0 Å². The number of nitrogens with one attached hydrogen (secondary N) is 2. The van der Waals surface area contributed by atoms with Gasteiger partial charge in [0.25, 0.3) is 5.69 Å². The number of carbonyl (C=O) groups is 1. The van der Waals surface area contributed by atoms with Crippen LogP contribution in [-0.4, -0.2) is 28.5 Å². The second-order valence-electron chi connectivity index (χ2n) is 4.14. The lowest BCUT2D eigenvalue weighted by atomic mass is 10.1. The van der Waals surface area contributed by atoms with Crippen LogP contribution < -0.4 is 10.6 Å². The number of nitrogens with zero attached hydrogens (tertiary/aromatic N) is 1. The molecule has 1 unspecified atom stereocenters. The van der Waals surface area contributed by atoms with Crippen LogP contribution in [0, 0.1) is 17.0 Å². The molecule has 19 heavy (non-hydrogen) atoms. The highest BCUT2D eigenvalue weighted by atomic mass is 35.5. The number of thioether (sulfide) groups is 1. The van der Waals surface area contributed by atoms with E-state index in [-0.39, 0.29) is 22.7 Å². The van der Waals surface area contributed by atoms with Crippen LogP contribution in [0.1, 0.15) is 5.56 Å². The summed E-state index contributed by atoms with van der Waals surface area (Å²) in [7, 11) is 0. The molecule has 1 atom stereocenters. The Morgan fingerprint density at radius 2 is 2.37 bits per heavy atom. The quantitative estimate of drug-likeness (QED) is 0.660. The van der Waals surface area contributed by atoms with E-state index in [9.17, 15) is 14.9 Å². The zero-order valence-electron chi connectivity index (χ0n) is 10.1. The molecule has 1 amide bonds. The summed E-state index contributed by atoms with van der Waals surface area (Å²) in [6, 6.07) is 2.53. The van der Waals surface area contributed by atoms with Crippen LogP contribution in [0.25, 0.3) is 0 Å². The lowest BCUT2D eigenvalue weighted by molar-refractivity contribution is -0.384. The number of anilines is 1. The Hall–Kier alpha value is -1.31. The van der Waals surface area contributed by atoms with Crippen LogP contribution in [0.3, 0.4) is 0 Å². The zero-order valence-corrected chi connectivity index (χ0v) is 11.7. The van der Waals surface area contributed by atoms with E-state index in [0.29, 0.717) is 17.0 Å². The summed E-state index contributed by atoms with van der Waals surface area (Å²) >= 11 is 7.47. The van der Waals surface area contributed by atoms with Crippen molar-refractivity contribution in [3.05, 3.63) is 32.8 Å². The van der Waals surface area contributed by atoms with Crippen molar-refractivity contribution in [3.8, 4) is 0 Å². The van der Waals surface area contributed by atoms with Gasteiger partial charge in [-0.15, -0.1) is 11.8 Å². The van der Waals surface area contributed by atoms with Crippen molar-refractivity contribution in [3.63, 3.8) is 0 Å². The maximum atomic E-state index is 11.9. The Morgan fingerprint density at radius 1 is 1.63 bits per heavy atom. The number of carbonyl (C=O) groups excluding carboxylic acids is 1. The molecule has 1 aromatic carbocycles. The number of hydrogen-bond donors (Lipinski definition) is 2. The fourth-order valence-corrected chi connectivity index (χ4v) is 2.90. The molecule has 1 fully saturated rings. The standard InChI is InChI=1S/C11H12ClN3O3S/c1-6-2-10(15(17)18)7(12)3-8(6)14-11(16)9-4-19-5-13-9/h2-3,9,13H,4-5H2,1H3,(H,14,16). The Morgan fingerprint density at radius 3 is 2.95 bits per heavy atom. The third kappa shape index (κ3) is 3.17. The number of benzene rings is 1. The van der Waals surface area contributed by atoms with Gasteiger partial charge in [0.15, 0.2) is 0 Å². The van der Waals surface area contributed by atoms with Crippen molar-refractivity contribution in [2.24, 2.45) is 0 Å². The largest absolute Gasteiger partial charge is 0.324 e. The number of halogens is 1. The molecule has 2 rings (SSSR count). The summed E-state index contributed by atoms with van der Waals surface area (Å²) in [6.07, 6.45) is 0. The van der Waals surface area contributed by atoms with Crippen LogP contribution in [0.4, 0.5) is 11.4 Å². The van der Waals surface area contributed by atoms with E-state index in [0.717, 1.165) is 5.88 Å². The summed E-state index contributed by atoms with van der Waals surface area (Å²) in [6.45, 7) is 1.69. The van der Waals surface area contributed by atoms with Gasteiger partial charge in [-0.25, -0.2) is 0 Å². The highest BCUT2D eigenvalue weighted by molar-refractivity contribution is 7.99. The molecule has 0 spiro atoms. The van der Waals surface area contributed by atoms with Gasteiger partial charge in [-0.1, -0.05) is 11.6 Å². The van der Waals surface area contributed by atoms with Gasteiger partial charge in [-0.3, -0.25) is 20.2 Å². The highest BCUT2D eigenvalue weighted by Crippen LogP contribution is 2.30. The third-order valence-electron chi connectivity index (χ3n) is 2.78. The van der Waals surface area contributed by atoms with Gasteiger partial charge in [0, 0.05) is 23.4 Å². The smallest absolute Gasteiger partial charge is 0.288 e. The van der Waals surface area contributed by atoms with Gasteiger partial charge in [0.1, 0.15) is 5.02 Å². The zero-order chi connectivity index (χ0) is 14.0. The fourth-order valence-electron chi connectivity index (χ4n) is 1.72. The number of nitro benzene ring substituents is 1. The lowest BCUT2D eigenvalue weighted by Gasteiger charge is -2.12. The number of rotatable bonds is 3. The molecular formula is C11H12ClN3O3S. The first kappa shape index (κ1) is 14.1. The van der Waals surface area contributed by atoms with Crippen molar-refractivity contribution in [1.29, 1.82) is 0 Å². The Kier molecular flexibility index (Phi) is 4.28. The first-order valence-electron chi connectivity index (χ1n) is 5.55. The van der Waals surface area contributed by atoms with Gasteiger partial charge in [-0.2, -0.15) is 0 Å². The molecular weight excluding hydrogens is 290 g/mol. The van der Waals surface area contributed by atoms with Crippen molar-refractivity contribution >= 4 is 40.6 Å². The summed E-state index contributed by atoms with van der Waals surface area (Å²) in [5.41, 5.74) is 0.945. The number of amides is 1. The lowest BCUT2D eigenvalue weighted by Crippen LogP contribution is -2.37. The molecule has 102 valence electrons. The minimum atomic E-state index is -0.546. The maximum Gasteiger partial charge on any atom is 0.288 e. The third-order valence-corrected chi connectivity index (χ3v) is 4.02. The SMILES string of the molecule is Cc1cc([N+](=O)[O-])c(Cl)cc1NC(=O)C1CSCN1. The van der Waals surface area contributed by atoms with Gasteiger partial charge in [0.2, 0.25) is 5.91 Å². The van der Waals surface area contributed by atoms with Crippen LogP contribution in [0.15, 0.2) is 12.1 Å². The Balaban J connectivity index is 2.18. The molecule has 8 heteroatoms. The average Bonchev–Trinajstić information content (AvgIpc) is 2.86. The van der Waals surface area contributed by atoms with Crippen LogP contribution in [-0.2, 0) is 4.79 Å².